The van der Waals surface area contributed by atoms with Crippen molar-refractivity contribution in [1.29, 1.82) is 0 Å². The largest absolute Gasteiger partial charge is 0.493 e. The van der Waals surface area contributed by atoms with Gasteiger partial charge in [-0.05, 0) is 60.6 Å². The summed E-state index contributed by atoms with van der Waals surface area (Å²) in [6, 6.07) is 23.5. The van der Waals surface area contributed by atoms with E-state index in [9.17, 15) is 0 Å². The Bertz CT molecular complexity index is 990. The maximum absolute atomic E-state index is 5.92. The topological polar surface area (TPSA) is 54.9 Å². The summed E-state index contributed by atoms with van der Waals surface area (Å²) in [6.45, 7) is 2.54. The summed E-state index contributed by atoms with van der Waals surface area (Å²) < 4.78 is 11.4. The molecule has 5 nitrogen and oxygen atoms in total. The zero-order valence-electron chi connectivity index (χ0n) is 16.4. The monoisotopic (exact) mass is 405 g/mol. The lowest BCUT2D eigenvalue weighted by Gasteiger charge is -2.12. The van der Waals surface area contributed by atoms with E-state index in [4.69, 9.17) is 21.7 Å². The maximum Gasteiger partial charge on any atom is 0.191 e. The van der Waals surface area contributed by atoms with E-state index in [1.165, 1.54) is 5.56 Å². The van der Waals surface area contributed by atoms with Crippen LogP contribution >= 0.6 is 12.2 Å². The molecule has 0 atom stereocenters. The van der Waals surface area contributed by atoms with Crippen LogP contribution in [-0.2, 0) is 6.61 Å². The van der Waals surface area contributed by atoms with Crippen LogP contribution < -0.4 is 20.2 Å². The number of hydrogen-bond acceptors (Lipinski definition) is 4. The fourth-order valence-electron chi connectivity index (χ4n) is 2.69. The Morgan fingerprint density at radius 2 is 1.83 bits per heavy atom. The van der Waals surface area contributed by atoms with Crippen molar-refractivity contribution in [3.05, 3.63) is 89.5 Å². The van der Waals surface area contributed by atoms with Crippen LogP contribution in [0.2, 0.25) is 0 Å². The van der Waals surface area contributed by atoms with Crippen LogP contribution in [0.15, 0.2) is 77.9 Å². The van der Waals surface area contributed by atoms with Gasteiger partial charge in [-0.15, -0.1) is 0 Å². The Hall–Kier alpha value is -3.38. The number of nitrogens with zero attached hydrogens (tertiary/aromatic N) is 1. The molecule has 0 spiro atoms. The van der Waals surface area contributed by atoms with E-state index < -0.39 is 0 Å². The van der Waals surface area contributed by atoms with Gasteiger partial charge in [0.15, 0.2) is 16.6 Å². The first-order valence-electron chi connectivity index (χ1n) is 9.15. The van der Waals surface area contributed by atoms with E-state index in [-0.39, 0.29) is 0 Å². The van der Waals surface area contributed by atoms with Crippen LogP contribution in [0, 0.1) is 6.92 Å². The fraction of sp³-hybridized carbons (Fsp3) is 0.130. The molecular formula is C23H23N3O2S. The summed E-state index contributed by atoms with van der Waals surface area (Å²) in [4.78, 5) is 0. The number of thiocarbonyl (C=S) groups is 1. The molecule has 0 fully saturated rings. The highest BCUT2D eigenvalue weighted by atomic mass is 32.1. The number of anilines is 1. The van der Waals surface area contributed by atoms with Gasteiger partial charge in [-0.3, -0.25) is 5.43 Å². The molecule has 3 aromatic rings. The predicted octanol–water partition coefficient (Wildman–Crippen LogP) is 4.90. The molecule has 148 valence electrons. The van der Waals surface area contributed by atoms with Crippen molar-refractivity contribution in [3.8, 4) is 11.5 Å². The molecular weight excluding hydrogens is 382 g/mol. The van der Waals surface area contributed by atoms with Gasteiger partial charge in [-0.2, -0.15) is 5.10 Å². The Labute approximate surface area is 176 Å². The standard InChI is InChI=1S/C23H23N3O2S/c1-17-7-6-8-19(13-17)16-28-21-12-11-18(14-22(21)27-2)15-24-26-23(29)25-20-9-4-3-5-10-20/h3-15H,16H2,1-2H3,(H2,25,26,29)/b24-15+. The van der Waals surface area contributed by atoms with E-state index >= 15 is 0 Å². The van der Waals surface area contributed by atoms with Crippen molar-refractivity contribution in [2.24, 2.45) is 5.10 Å². The van der Waals surface area contributed by atoms with Gasteiger partial charge in [0.2, 0.25) is 0 Å². The molecule has 0 aliphatic heterocycles. The third-order valence-electron chi connectivity index (χ3n) is 4.08. The molecule has 3 rings (SSSR count). The van der Waals surface area contributed by atoms with E-state index in [1.54, 1.807) is 13.3 Å². The highest BCUT2D eigenvalue weighted by Crippen LogP contribution is 2.28. The summed E-state index contributed by atoms with van der Waals surface area (Å²) in [6.07, 6.45) is 1.67. The molecule has 0 unspecified atom stereocenters. The molecule has 3 aromatic carbocycles. The lowest BCUT2D eigenvalue weighted by Crippen LogP contribution is -2.23. The minimum Gasteiger partial charge on any atom is -0.493 e. The van der Waals surface area contributed by atoms with Gasteiger partial charge in [0.25, 0.3) is 0 Å². The van der Waals surface area contributed by atoms with Crippen molar-refractivity contribution in [1.82, 2.24) is 5.43 Å². The molecule has 0 aliphatic rings. The first kappa shape index (κ1) is 20.4. The van der Waals surface area contributed by atoms with Gasteiger partial charge in [-0.1, -0.05) is 48.0 Å². The van der Waals surface area contributed by atoms with Gasteiger partial charge in [-0.25, -0.2) is 0 Å². The van der Waals surface area contributed by atoms with Crippen LogP contribution in [0.3, 0.4) is 0 Å². The molecule has 0 saturated carbocycles. The predicted molar refractivity (Wildman–Crippen MR) is 122 cm³/mol. The molecule has 0 heterocycles. The molecule has 0 saturated heterocycles. The number of rotatable bonds is 7. The summed E-state index contributed by atoms with van der Waals surface area (Å²) in [5, 5.41) is 7.64. The van der Waals surface area contributed by atoms with Gasteiger partial charge < -0.3 is 14.8 Å². The van der Waals surface area contributed by atoms with Crippen molar-refractivity contribution in [2.75, 3.05) is 12.4 Å². The summed E-state index contributed by atoms with van der Waals surface area (Å²) in [7, 11) is 1.62. The Morgan fingerprint density at radius 3 is 2.59 bits per heavy atom. The Balaban J connectivity index is 1.57. The zero-order valence-corrected chi connectivity index (χ0v) is 17.2. The molecule has 0 aromatic heterocycles. The van der Waals surface area contributed by atoms with Crippen LogP contribution in [0.5, 0.6) is 11.5 Å². The second-order valence-corrected chi connectivity index (χ2v) is 6.79. The van der Waals surface area contributed by atoms with E-state index in [2.05, 4.69) is 34.9 Å². The third kappa shape index (κ3) is 6.33. The quantitative estimate of drug-likeness (QED) is 0.333. The first-order chi connectivity index (χ1) is 14.1. The van der Waals surface area contributed by atoms with E-state index in [0.717, 1.165) is 16.8 Å². The molecule has 29 heavy (non-hydrogen) atoms. The molecule has 0 amide bonds. The van der Waals surface area contributed by atoms with Crippen molar-refractivity contribution >= 4 is 29.2 Å². The highest BCUT2D eigenvalue weighted by Gasteiger charge is 2.06. The van der Waals surface area contributed by atoms with Crippen LogP contribution in [0.4, 0.5) is 5.69 Å². The fourth-order valence-corrected chi connectivity index (χ4v) is 2.86. The lowest BCUT2D eigenvalue weighted by molar-refractivity contribution is 0.284. The number of hydrogen-bond donors (Lipinski definition) is 2. The van der Waals surface area contributed by atoms with E-state index in [0.29, 0.717) is 23.2 Å². The van der Waals surface area contributed by atoms with Gasteiger partial charge in [0.05, 0.1) is 13.3 Å². The lowest BCUT2D eigenvalue weighted by atomic mass is 10.1. The smallest absolute Gasteiger partial charge is 0.191 e. The number of benzene rings is 3. The number of ether oxygens (including phenoxy) is 2. The summed E-state index contributed by atoms with van der Waals surface area (Å²) in [5.41, 5.74) is 6.88. The minimum atomic E-state index is 0.414. The van der Waals surface area contributed by atoms with Gasteiger partial charge in [0.1, 0.15) is 6.61 Å². The normalized spacial score (nSPS) is 10.6. The van der Waals surface area contributed by atoms with Crippen LogP contribution in [-0.4, -0.2) is 18.4 Å². The number of aryl methyl sites for hydroxylation is 1. The Morgan fingerprint density at radius 1 is 1.00 bits per heavy atom. The SMILES string of the molecule is COc1cc(/C=N/NC(=S)Nc2ccccc2)ccc1OCc1cccc(C)c1. The van der Waals surface area contributed by atoms with Crippen LogP contribution in [0.1, 0.15) is 16.7 Å². The average Bonchev–Trinajstić information content (AvgIpc) is 2.73. The maximum atomic E-state index is 5.92. The van der Waals surface area contributed by atoms with E-state index in [1.807, 2.05) is 60.7 Å². The number of hydrazone groups is 1. The molecule has 0 radical (unpaired) electrons. The third-order valence-corrected chi connectivity index (χ3v) is 4.27. The second kappa shape index (κ2) is 10.2. The molecule has 0 aliphatic carbocycles. The minimum absolute atomic E-state index is 0.414. The summed E-state index contributed by atoms with van der Waals surface area (Å²) in [5.74, 6) is 1.33. The molecule has 6 heteroatoms. The first-order valence-corrected chi connectivity index (χ1v) is 9.56. The zero-order chi connectivity index (χ0) is 20.5. The Kier molecular flexibility index (Phi) is 7.19. The van der Waals surface area contributed by atoms with Crippen molar-refractivity contribution in [2.45, 2.75) is 13.5 Å². The van der Waals surface area contributed by atoms with Crippen LogP contribution in [0.25, 0.3) is 0 Å². The molecule has 0 bridgehead atoms. The number of para-hydroxylation sites is 1. The van der Waals surface area contributed by atoms with Crippen molar-refractivity contribution < 1.29 is 9.47 Å². The van der Waals surface area contributed by atoms with Gasteiger partial charge in [0, 0.05) is 5.69 Å². The number of methoxy groups -OCH3 is 1. The molecule has 2 N–H and O–H groups in total. The number of nitrogens with one attached hydrogen (secondary N) is 2. The summed E-state index contributed by atoms with van der Waals surface area (Å²) >= 11 is 5.23. The van der Waals surface area contributed by atoms with Crippen molar-refractivity contribution in [3.63, 3.8) is 0 Å². The van der Waals surface area contributed by atoms with Gasteiger partial charge >= 0.3 is 0 Å². The second-order valence-electron chi connectivity index (χ2n) is 6.38. The average molecular weight is 406 g/mol. The highest BCUT2D eigenvalue weighted by molar-refractivity contribution is 7.80.